The summed E-state index contributed by atoms with van der Waals surface area (Å²) in [6, 6.07) is 6.33. The molecule has 1 atom stereocenters. The Morgan fingerprint density at radius 2 is 2.24 bits per heavy atom. The maximum absolute atomic E-state index is 11.8. The van der Waals surface area contributed by atoms with Crippen LogP contribution in [0.1, 0.15) is 6.92 Å². The Morgan fingerprint density at radius 3 is 2.76 bits per heavy atom. The molecule has 0 aliphatic heterocycles. The molecular formula is C11H14ClN3OS. The van der Waals surface area contributed by atoms with E-state index in [1.54, 1.807) is 38.2 Å². The van der Waals surface area contributed by atoms with E-state index in [4.69, 9.17) is 29.6 Å². The number of carbonyl (C=O) groups excluding carboxylic acids is 1. The fourth-order valence-corrected chi connectivity index (χ4v) is 1.49. The van der Waals surface area contributed by atoms with Gasteiger partial charge in [0.15, 0.2) is 0 Å². The van der Waals surface area contributed by atoms with Crippen LogP contribution in [0.25, 0.3) is 0 Å². The van der Waals surface area contributed by atoms with E-state index < -0.39 is 0 Å². The van der Waals surface area contributed by atoms with Crippen LogP contribution in [0.3, 0.4) is 0 Å². The smallest absolute Gasteiger partial charge is 0.322 e. The number of nitrogens with one attached hydrogen (secondary N) is 1. The highest BCUT2D eigenvalue weighted by atomic mass is 35.5. The predicted molar refractivity (Wildman–Crippen MR) is 74.5 cm³/mol. The first-order valence-corrected chi connectivity index (χ1v) is 5.79. The average Bonchev–Trinajstić information content (AvgIpc) is 2.26. The molecule has 6 heteroatoms. The highest BCUT2D eigenvalue weighted by molar-refractivity contribution is 7.80. The first-order chi connectivity index (χ1) is 7.91. The van der Waals surface area contributed by atoms with Crippen LogP contribution in [0, 0.1) is 0 Å². The Kier molecular flexibility index (Phi) is 4.72. The Morgan fingerprint density at radius 1 is 1.59 bits per heavy atom. The third-order valence-corrected chi connectivity index (χ3v) is 2.97. The van der Waals surface area contributed by atoms with Crippen molar-refractivity contribution >= 4 is 40.5 Å². The summed E-state index contributed by atoms with van der Waals surface area (Å²) >= 11 is 10.6. The largest absolute Gasteiger partial charge is 0.392 e. The van der Waals surface area contributed by atoms with Gasteiger partial charge in [0.1, 0.15) is 0 Å². The van der Waals surface area contributed by atoms with Gasteiger partial charge in [0.25, 0.3) is 0 Å². The van der Waals surface area contributed by atoms with Crippen LogP contribution in [0.2, 0.25) is 5.02 Å². The number of hydrogen-bond acceptors (Lipinski definition) is 2. The number of nitrogens with two attached hydrogens (primary N) is 1. The molecule has 0 aromatic heterocycles. The molecule has 0 heterocycles. The summed E-state index contributed by atoms with van der Waals surface area (Å²) in [6.45, 7) is 1.76. The second-order valence-electron chi connectivity index (χ2n) is 3.63. The van der Waals surface area contributed by atoms with Gasteiger partial charge in [0.2, 0.25) is 0 Å². The predicted octanol–water partition coefficient (Wildman–Crippen LogP) is 2.48. The monoisotopic (exact) mass is 271 g/mol. The van der Waals surface area contributed by atoms with Crippen LogP contribution in [0.15, 0.2) is 24.3 Å². The van der Waals surface area contributed by atoms with Gasteiger partial charge in [-0.25, -0.2) is 4.79 Å². The summed E-state index contributed by atoms with van der Waals surface area (Å²) in [5, 5.41) is 3.27. The van der Waals surface area contributed by atoms with E-state index in [1.165, 1.54) is 4.90 Å². The van der Waals surface area contributed by atoms with Crippen molar-refractivity contribution in [3.05, 3.63) is 29.3 Å². The molecule has 1 unspecified atom stereocenters. The number of likely N-dealkylation sites (N-methyl/N-ethyl adjacent to an activating group) is 1. The fourth-order valence-electron chi connectivity index (χ4n) is 1.14. The van der Waals surface area contributed by atoms with Crippen molar-refractivity contribution in [2.24, 2.45) is 5.73 Å². The molecule has 0 bridgehead atoms. The molecule has 4 nitrogen and oxygen atoms in total. The van der Waals surface area contributed by atoms with E-state index in [-0.39, 0.29) is 17.1 Å². The summed E-state index contributed by atoms with van der Waals surface area (Å²) < 4.78 is 0. The molecule has 1 aromatic rings. The molecule has 0 fully saturated rings. The van der Waals surface area contributed by atoms with Crippen molar-refractivity contribution in [3.8, 4) is 0 Å². The summed E-state index contributed by atoms with van der Waals surface area (Å²) in [4.78, 5) is 13.5. The zero-order valence-electron chi connectivity index (χ0n) is 9.61. The molecule has 1 rings (SSSR count). The third kappa shape index (κ3) is 3.87. The maximum Gasteiger partial charge on any atom is 0.322 e. The van der Waals surface area contributed by atoms with Crippen LogP contribution < -0.4 is 11.1 Å². The van der Waals surface area contributed by atoms with E-state index in [1.807, 2.05) is 0 Å². The number of benzene rings is 1. The third-order valence-electron chi connectivity index (χ3n) is 2.39. The van der Waals surface area contributed by atoms with Crippen molar-refractivity contribution in [2.45, 2.75) is 13.0 Å². The Balaban J connectivity index is 2.69. The SMILES string of the molecule is CC(C(N)=S)N(C)C(=O)Nc1cccc(Cl)c1. The van der Waals surface area contributed by atoms with Gasteiger partial charge >= 0.3 is 6.03 Å². The highest BCUT2D eigenvalue weighted by Gasteiger charge is 2.17. The van der Waals surface area contributed by atoms with E-state index in [9.17, 15) is 4.79 Å². The van der Waals surface area contributed by atoms with Gasteiger partial charge in [0.05, 0.1) is 11.0 Å². The van der Waals surface area contributed by atoms with Crippen LogP contribution in [0.4, 0.5) is 10.5 Å². The van der Waals surface area contributed by atoms with Crippen LogP contribution >= 0.6 is 23.8 Å². The van der Waals surface area contributed by atoms with Crippen molar-refractivity contribution in [1.82, 2.24) is 4.90 Å². The number of thiocarbonyl (C=S) groups is 1. The van der Waals surface area contributed by atoms with Crippen LogP contribution in [0.5, 0.6) is 0 Å². The minimum Gasteiger partial charge on any atom is -0.392 e. The number of carbonyl (C=O) groups is 1. The van der Waals surface area contributed by atoms with Gasteiger partial charge in [-0.3, -0.25) is 0 Å². The van der Waals surface area contributed by atoms with Crippen molar-refractivity contribution < 1.29 is 4.79 Å². The first kappa shape index (κ1) is 13.7. The zero-order valence-corrected chi connectivity index (χ0v) is 11.2. The van der Waals surface area contributed by atoms with E-state index in [0.29, 0.717) is 10.7 Å². The molecule has 0 saturated heterocycles. The molecular weight excluding hydrogens is 258 g/mol. The van der Waals surface area contributed by atoms with Gasteiger partial charge in [0, 0.05) is 17.8 Å². The number of urea groups is 1. The minimum atomic E-state index is -0.302. The molecule has 1 aromatic carbocycles. The van der Waals surface area contributed by atoms with Crippen molar-refractivity contribution in [1.29, 1.82) is 0 Å². The average molecular weight is 272 g/mol. The quantitative estimate of drug-likeness (QED) is 0.831. The second kappa shape index (κ2) is 5.84. The summed E-state index contributed by atoms with van der Waals surface area (Å²) in [7, 11) is 1.63. The molecule has 0 radical (unpaired) electrons. The molecule has 0 aliphatic rings. The van der Waals surface area contributed by atoms with Gasteiger partial charge < -0.3 is 16.0 Å². The van der Waals surface area contributed by atoms with Crippen LogP contribution in [-0.2, 0) is 0 Å². The normalized spacial score (nSPS) is 11.7. The summed E-state index contributed by atoms with van der Waals surface area (Å²) in [5.74, 6) is 0. The zero-order chi connectivity index (χ0) is 13.0. The molecule has 3 N–H and O–H groups in total. The minimum absolute atomic E-state index is 0.272. The van der Waals surface area contributed by atoms with Gasteiger partial charge in [-0.15, -0.1) is 0 Å². The fraction of sp³-hybridized carbons (Fsp3) is 0.273. The standard InChI is InChI=1S/C11H14ClN3OS/c1-7(10(13)17)15(2)11(16)14-9-5-3-4-8(12)6-9/h3-7H,1-2H3,(H2,13,17)(H,14,16). The second-order valence-corrected chi connectivity index (χ2v) is 4.54. The van der Waals surface area contributed by atoms with Crippen molar-refractivity contribution in [2.75, 3.05) is 12.4 Å². The first-order valence-electron chi connectivity index (χ1n) is 5.00. The molecule has 0 aliphatic carbocycles. The number of anilines is 1. The molecule has 92 valence electrons. The highest BCUT2D eigenvalue weighted by Crippen LogP contribution is 2.15. The lowest BCUT2D eigenvalue weighted by atomic mass is 10.3. The molecule has 17 heavy (non-hydrogen) atoms. The Bertz CT molecular complexity index is 438. The number of rotatable bonds is 3. The van der Waals surface area contributed by atoms with Crippen molar-refractivity contribution in [3.63, 3.8) is 0 Å². The lowest BCUT2D eigenvalue weighted by molar-refractivity contribution is 0.218. The Hall–Kier alpha value is -1.33. The van der Waals surface area contributed by atoms with Gasteiger partial charge in [-0.05, 0) is 25.1 Å². The number of halogens is 1. The molecule has 0 spiro atoms. The molecule has 0 saturated carbocycles. The Labute approximate surface area is 111 Å². The number of amides is 2. The maximum atomic E-state index is 11.8. The number of hydrogen-bond donors (Lipinski definition) is 2. The lowest BCUT2D eigenvalue weighted by Gasteiger charge is -2.24. The summed E-state index contributed by atoms with van der Waals surface area (Å²) in [5.41, 5.74) is 6.11. The topological polar surface area (TPSA) is 58.4 Å². The lowest BCUT2D eigenvalue weighted by Crippen LogP contribution is -2.44. The van der Waals surface area contributed by atoms with Gasteiger partial charge in [-0.2, -0.15) is 0 Å². The van der Waals surface area contributed by atoms with Gasteiger partial charge in [-0.1, -0.05) is 29.9 Å². The molecule has 2 amide bonds. The summed E-state index contributed by atoms with van der Waals surface area (Å²) in [6.07, 6.45) is 0. The van der Waals surface area contributed by atoms with E-state index in [2.05, 4.69) is 5.32 Å². The van der Waals surface area contributed by atoms with E-state index in [0.717, 1.165) is 0 Å². The van der Waals surface area contributed by atoms with Crippen LogP contribution in [-0.4, -0.2) is 29.0 Å². The number of nitrogens with zero attached hydrogens (tertiary/aromatic N) is 1. The van der Waals surface area contributed by atoms with E-state index >= 15 is 0 Å².